The highest BCUT2D eigenvalue weighted by Gasteiger charge is 2.21. The Morgan fingerprint density at radius 1 is 1.30 bits per heavy atom. The molecule has 2 heterocycles. The fourth-order valence-electron chi connectivity index (χ4n) is 3.89. The first-order chi connectivity index (χ1) is 14.1. The molecular weight excluding hydrogens is 491 g/mol. The van der Waals surface area contributed by atoms with E-state index in [9.17, 15) is 4.79 Å². The lowest BCUT2D eigenvalue weighted by Crippen LogP contribution is -2.50. The highest BCUT2D eigenvalue weighted by Crippen LogP contribution is 2.21. The molecule has 30 heavy (non-hydrogen) atoms. The van der Waals surface area contributed by atoms with Crippen LogP contribution in [0, 0.1) is 6.92 Å². The van der Waals surface area contributed by atoms with E-state index in [1.807, 2.05) is 0 Å². The van der Waals surface area contributed by atoms with Gasteiger partial charge in [-0.3, -0.25) is 14.7 Å². The first kappa shape index (κ1) is 24.5. The predicted octanol–water partition coefficient (Wildman–Crippen LogP) is 2.40. The third-order valence-corrected chi connectivity index (χ3v) is 5.58. The molecule has 1 amide bonds. The predicted molar refractivity (Wildman–Crippen MR) is 135 cm³/mol. The average Bonchev–Trinajstić information content (AvgIpc) is 3.14. The maximum Gasteiger partial charge on any atom is 0.233 e. The van der Waals surface area contributed by atoms with E-state index in [2.05, 4.69) is 64.1 Å². The number of aromatic amines is 1. The molecular formula is C22H35IN6O. The molecule has 0 radical (unpaired) electrons. The number of nitrogens with one attached hydrogen (secondary N) is 4. The van der Waals surface area contributed by atoms with Gasteiger partial charge in [0.15, 0.2) is 5.96 Å². The third kappa shape index (κ3) is 6.60. The number of hydrogen-bond donors (Lipinski definition) is 4. The van der Waals surface area contributed by atoms with E-state index in [4.69, 9.17) is 4.99 Å². The zero-order chi connectivity index (χ0) is 20.6. The summed E-state index contributed by atoms with van der Waals surface area (Å²) in [5.41, 5.74) is 3.81. The Labute approximate surface area is 196 Å². The smallest absolute Gasteiger partial charge is 0.233 e. The number of piperidine rings is 1. The Bertz CT molecular complexity index is 841. The number of nitrogens with zero attached hydrogens (tertiary/aromatic N) is 2. The number of likely N-dealkylation sites (N-methyl/N-ethyl adjacent to an activating group) is 1. The number of aliphatic imine (C=N–C) groups is 1. The van der Waals surface area contributed by atoms with Gasteiger partial charge in [-0.05, 0) is 44.2 Å². The van der Waals surface area contributed by atoms with Crippen LogP contribution in [-0.4, -0.2) is 67.6 Å². The maximum absolute atomic E-state index is 11.5. The molecule has 1 aliphatic heterocycles. The molecule has 3 rings (SSSR count). The number of amides is 1. The number of hydrogen-bond acceptors (Lipinski definition) is 3. The van der Waals surface area contributed by atoms with Crippen LogP contribution in [0.3, 0.4) is 0 Å². The van der Waals surface area contributed by atoms with Crippen LogP contribution < -0.4 is 16.0 Å². The van der Waals surface area contributed by atoms with Gasteiger partial charge >= 0.3 is 0 Å². The zero-order valence-corrected chi connectivity index (χ0v) is 20.6. The van der Waals surface area contributed by atoms with Gasteiger partial charge in [-0.25, -0.2) is 0 Å². The number of aryl methyl sites for hydroxylation is 1. The van der Waals surface area contributed by atoms with E-state index < -0.39 is 0 Å². The summed E-state index contributed by atoms with van der Waals surface area (Å²) in [5, 5.41) is 10.9. The Morgan fingerprint density at radius 2 is 2.07 bits per heavy atom. The number of aromatic nitrogens is 1. The molecule has 0 bridgehead atoms. The molecule has 0 spiro atoms. The Morgan fingerprint density at radius 3 is 2.77 bits per heavy atom. The van der Waals surface area contributed by atoms with Gasteiger partial charge in [-0.1, -0.05) is 18.2 Å². The minimum Gasteiger partial charge on any atom is -0.361 e. The van der Waals surface area contributed by atoms with E-state index in [1.165, 1.54) is 22.0 Å². The summed E-state index contributed by atoms with van der Waals surface area (Å²) in [6.07, 6.45) is 5.05. The van der Waals surface area contributed by atoms with Crippen LogP contribution in [0.1, 0.15) is 30.9 Å². The summed E-state index contributed by atoms with van der Waals surface area (Å²) >= 11 is 0. The summed E-state index contributed by atoms with van der Waals surface area (Å²) in [6.45, 7) is 8.15. The van der Waals surface area contributed by atoms with Crippen LogP contribution in [0.5, 0.6) is 0 Å². The molecule has 8 heteroatoms. The first-order valence-electron chi connectivity index (χ1n) is 10.6. The second-order valence-electron chi connectivity index (χ2n) is 7.69. The van der Waals surface area contributed by atoms with Crippen molar-refractivity contribution in [1.29, 1.82) is 0 Å². The number of likely N-dealkylation sites (tertiary alicyclic amines) is 1. The van der Waals surface area contributed by atoms with Crippen molar-refractivity contribution in [2.24, 2.45) is 4.99 Å². The van der Waals surface area contributed by atoms with Crippen LogP contribution in [0.15, 0.2) is 29.4 Å². The van der Waals surface area contributed by atoms with Crippen LogP contribution in [0.2, 0.25) is 0 Å². The molecule has 4 N–H and O–H groups in total. The molecule has 1 aliphatic rings. The van der Waals surface area contributed by atoms with Crippen molar-refractivity contribution in [2.75, 3.05) is 39.8 Å². The van der Waals surface area contributed by atoms with Gasteiger partial charge in [-0.2, -0.15) is 0 Å². The van der Waals surface area contributed by atoms with Crippen molar-refractivity contribution in [3.8, 4) is 0 Å². The topological polar surface area (TPSA) is 84.6 Å². The summed E-state index contributed by atoms with van der Waals surface area (Å²) in [5.74, 6) is 0.965. The quantitative estimate of drug-likeness (QED) is 0.254. The molecule has 0 saturated carbocycles. The number of carbonyl (C=O) groups is 1. The number of H-pyrrole nitrogens is 1. The Balaban J connectivity index is 0.00000320. The fourth-order valence-corrected chi connectivity index (χ4v) is 3.89. The highest BCUT2D eigenvalue weighted by atomic mass is 127. The molecule has 2 aromatic rings. The maximum atomic E-state index is 11.5. The minimum absolute atomic E-state index is 0. The van der Waals surface area contributed by atoms with Gasteiger partial charge in [0, 0.05) is 56.4 Å². The third-order valence-electron chi connectivity index (χ3n) is 5.58. The lowest BCUT2D eigenvalue weighted by Gasteiger charge is -2.32. The lowest BCUT2D eigenvalue weighted by atomic mass is 10.1. The monoisotopic (exact) mass is 526 g/mol. The summed E-state index contributed by atoms with van der Waals surface area (Å²) in [4.78, 5) is 21.9. The molecule has 1 aromatic heterocycles. The van der Waals surface area contributed by atoms with Crippen LogP contribution >= 0.6 is 24.0 Å². The number of guanidine groups is 1. The van der Waals surface area contributed by atoms with Crippen molar-refractivity contribution in [3.63, 3.8) is 0 Å². The first-order valence-corrected chi connectivity index (χ1v) is 10.6. The summed E-state index contributed by atoms with van der Waals surface area (Å²) in [6, 6.07) is 6.81. The van der Waals surface area contributed by atoms with Gasteiger partial charge in [0.05, 0.1) is 6.54 Å². The minimum atomic E-state index is 0. The number of halogens is 1. The Kier molecular flexibility index (Phi) is 9.90. The van der Waals surface area contributed by atoms with Gasteiger partial charge in [0.2, 0.25) is 5.91 Å². The molecule has 7 nitrogen and oxygen atoms in total. The van der Waals surface area contributed by atoms with Crippen molar-refractivity contribution in [2.45, 2.75) is 39.2 Å². The standard InChI is InChI=1S/C22H34N6O.HI/c1-4-24-22(27-18-9-12-28(13-10-18)15-20(29)23-3)25-11-8-17-14-26-21-16(2)6-5-7-19(17)21;/h5-7,14,18,26H,4,8-13,15H2,1-3H3,(H,23,29)(H2,24,25,27);1H. The molecule has 1 fully saturated rings. The second kappa shape index (κ2) is 12.1. The fraction of sp³-hybridized carbons (Fsp3) is 0.545. The van der Waals surface area contributed by atoms with Crippen LogP contribution in [0.25, 0.3) is 10.9 Å². The van der Waals surface area contributed by atoms with Crippen molar-refractivity contribution in [1.82, 2.24) is 25.8 Å². The highest BCUT2D eigenvalue weighted by molar-refractivity contribution is 14.0. The van der Waals surface area contributed by atoms with Crippen LogP contribution in [0.4, 0.5) is 0 Å². The van der Waals surface area contributed by atoms with E-state index >= 15 is 0 Å². The lowest BCUT2D eigenvalue weighted by molar-refractivity contribution is -0.122. The number of para-hydroxylation sites is 1. The van der Waals surface area contributed by atoms with Crippen molar-refractivity contribution >= 4 is 46.7 Å². The Hall–Kier alpha value is -1.81. The van der Waals surface area contributed by atoms with Gasteiger partial charge in [0.25, 0.3) is 0 Å². The number of rotatable bonds is 7. The van der Waals surface area contributed by atoms with Crippen molar-refractivity contribution in [3.05, 3.63) is 35.5 Å². The second-order valence-corrected chi connectivity index (χ2v) is 7.69. The summed E-state index contributed by atoms with van der Waals surface area (Å²) in [7, 11) is 1.69. The number of benzene rings is 1. The molecule has 0 unspecified atom stereocenters. The molecule has 1 aromatic carbocycles. The van der Waals surface area contributed by atoms with Crippen LogP contribution in [-0.2, 0) is 11.2 Å². The normalized spacial score (nSPS) is 15.6. The molecule has 0 atom stereocenters. The zero-order valence-electron chi connectivity index (χ0n) is 18.3. The average molecular weight is 526 g/mol. The largest absolute Gasteiger partial charge is 0.361 e. The van der Waals surface area contributed by atoms with Crippen molar-refractivity contribution < 1.29 is 4.79 Å². The van der Waals surface area contributed by atoms with E-state index in [0.29, 0.717) is 12.6 Å². The SMILES string of the molecule is CCNC(=NCCc1c[nH]c2c(C)cccc12)NC1CCN(CC(=O)NC)CC1.I. The van der Waals surface area contributed by atoms with Gasteiger partial charge in [-0.15, -0.1) is 24.0 Å². The van der Waals surface area contributed by atoms with E-state index in [-0.39, 0.29) is 29.9 Å². The van der Waals surface area contributed by atoms with Gasteiger partial charge in [0.1, 0.15) is 0 Å². The number of carbonyl (C=O) groups excluding carboxylic acids is 1. The summed E-state index contributed by atoms with van der Waals surface area (Å²) < 4.78 is 0. The van der Waals surface area contributed by atoms with E-state index in [1.54, 1.807) is 7.05 Å². The molecule has 166 valence electrons. The molecule has 0 aliphatic carbocycles. The number of fused-ring (bicyclic) bond motifs is 1. The van der Waals surface area contributed by atoms with E-state index in [0.717, 1.165) is 51.4 Å². The van der Waals surface area contributed by atoms with Gasteiger partial charge < -0.3 is 20.9 Å². The molecule has 1 saturated heterocycles.